The lowest BCUT2D eigenvalue weighted by Crippen LogP contribution is -1.89. The number of benzene rings is 1. The summed E-state index contributed by atoms with van der Waals surface area (Å²) >= 11 is 7.18. The van der Waals surface area contributed by atoms with Crippen LogP contribution in [0.4, 0.5) is 10.8 Å². The predicted octanol–water partition coefficient (Wildman–Crippen LogP) is 3.55. The lowest BCUT2D eigenvalue weighted by molar-refractivity contribution is 0.415. The Hall–Kier alpha value is -1.26. The Labute approximate surface area is 96.7 Å². The third-order valence-electron chi connectivity index (χ3n) is 1.82. The molecular weight excluding hydrogens is 232 g/mol. The van der Waals surface area contributed by atoms with Crippen molar-refractivity contribution < 1.29 is 4.74 Å². The van der Waals surface area contributed by atoms with Crippen LogP contribution in [0, 0.1) is 0 Å². The molecule has 2 rings (SSSR count). The molecule has 15 heavy (non-hydrogen) atoms. The van der Waals surface area contributed by atoms with Crippen molar-refractivity contribution in [3.63, 3.8) is 0 Å². The Balaban J connectivity index is 2.11. The van der Waals surface area contributed by atoms with Crippen molar-refractivity contribution in [3.05, 3.63) is 34.8 Å². The summed E-state index contributed by atoms with van der Waals surface area (Å²) in [6.45, 7) is 0. The first kappa shape index (κ1) is 10.3. The molecular formula is C10H9ClN2OS. The summed E-state index contributed by atoms with van der Waals surface area (Å²) in [5.41, 5.74) is 0.960. The minimum atomic E-state index is 0.510. The molecule has 1 N–H and O–H groups in total. The van der Waals surface area contributed by atoms with Gasteiger partial charge in [0.25, 0.3) is 0 Å². The largest absolute Gasteiger partial charge is 0.497 e. The van der Waals surface area contributed by atoms with Crippen molar-refractivity contribution >= 4 is 33.8 Å². The second kappa shape index (κ2) is 4.51. The molecule has 1 aromatic carbocycles. The van der Waals surface area contributed by atoms with Crippen molar-refractivity contribution in [2.45, 2.75) is 0 Å². The van der Waals surface area contributed by atoms with Crippen molar-refractivity contribution in [2.75, 3.05) is 12.4 Å². The van der Waals surface area contributed by atoms with Crippen LogP contribution in [0.25, 0.3) is 0 Å². The van der Waals surface area contributed by atoms with Crippen LogP contribution in [-0.4, -0.2) is 12.1 Å². The van der Waals surface area contributed by atoms with Gasteiger partial charge in [-0.25, -0.2) is 4.98 Å². The Kier molecular flexibility index (Phi) is 3.08. The van der Waals surface area contributed by atoms with Crippen LogP contribution in [0.1, 0.15) is 0 Å². The Morgan fingerprint density at radius 2 is 2.07 bits per heavy atom. The zero-order valence-electron chi connectivity index (χ0n) is 8.03. The van der Waals surface area contributed by atoms with Gasteiger partial charge in [-0.3, -0.25) is 0 Å². The van der Waals surface area contributed by atoms with Crippen LogP contribution in [0.3, 0.4) is 0 Å². The Bertz CT molecular complexity index is 441. The summed E-state index contributed by atoms with van der Waals surface area (Å²) in [6, 6.07) is 7.62. The average molecular weight is 241 g/mol. The number of hydrogen-bond donors (Lipinski definition) is 1. The van der Waals surface area contributed by atoms with E-state index in [4.69, 9.17) is 16.3 Å². The van der Waals surface area contributed by atoms with Crippen LogP contribution in [0.5, 0.6) is 5.75 Å². The summed E-state index contributed by atoms with van der Waals surface area (Å²) < 4.78 is 5.06. The molecule has 78 valence electrons. The van der Waals surface area contributed by atoms with E-state index in [1.807, 2.05) is 24.3 Å². The van der Waals surface area contributed by atoms with E-state index >= 15 is 0 Å². The number of thiazole rings is 1. The normalized spacial score (nSPS) is 10.0. The maximum atomic E-state index is 5.71. The fraction of sp³-hybridized carbons (Fsp3) is 0.100. The van der Waals surface area contributed by atoms with E-state index in [0.717, 1.165) is 16.6 Å². The second-order valence-corrected chi connectivity index (χ2v) is 4.07. The summed E-state index contributed by atoms with van der Waals surface area (Å²) in [6.07, 6.45) is 0. The van der Waals surface area contributed by atoms with Crippen molar-refractivity contribution in [1.29, 1.82) is 0 Å². The number of methoxy groups -OCH3 is 1. The molecule has 0 aliphatic heterocycles. The molecule has 0 atom stereocenters. The number of ether oxygens (including phenoxy) is 1. The Morgan fingerprint density at radius 3 is 2.60 bits per heavy atom. The van der Waals surface area contributed by atoms with Gasteiger partial charge in [0, 0.05) is 11.1 Å². The zero-order chi connectivity index (χ0) is 10.7. The third kappa shape index (κ3) is 2.61. The van der Waals surface area contributed by atoms with Gasteiger partial charge in [-0.15, -0.1) is 11.3 Å². The van der Waals surface area contributed by atoms with Gasteiger partial charge in [-0.05, 0) is 24.3 Å². The summed E-state index contributed by atoms with van der Waals surface area (Å²) in [7, 11) is 1.64. The molecule has 2 aromatic rings. The average Bonchev–Trinajstić information content (AvgIpc) is 2.65. The molecule has 0 unspecified atom stereocenters. The topological polar surface area (TPSA) is 34.1 Å². The molecule has 0 aliphatic rings. The molecule has 0 fully saturated rings. The van der Waals surface area contributed by atoms with Gasteiger partial charge in [0.1, 0.15) is 10.9 Å². The van der Waals surface area contributed by atoms with Crippen molar-refractivity contribution in [3.8, 4) is 5.75 Å². The van der Waals surface area contributed by atoms with E-state index in [9.17, 15) is 0 Å². The lowest BCUT2D eigenvalue weighted by atomic mass is 10.3. The quantitative estimate of drug-likeness (QED) is 0.891. The van der Waals surface area contributed by atoms with Crippen molar-refractivity contribution in [2.24, 2.45) is 0 Å². The number of nitrogens with zero attached hydrogens (tertiary/aromatic N) is 1. The van der Waals surface area contributed by atoms with E-state index in [2.05, 4.69) is 10.3 Å². The molecule has 1 aromatic heterocycles. The minimum Gasteiger partial charge on any atom is -0.497 e. The molecule has 0 bridgehead atoms. The van der Waals surface area contributed by atoms with Crippen LogP contribution in [0.2, 0.25) is 5.15 Å². The lowest BCUT2D eigenvalue weighted by Gasteiger charge is -2.03. The Morgan fingerprint density at radius 1 is 1.33 bits per heavy atom. The number of nitrogens with one attached hydrogen (secondary N) is 1. The van der Waals surface area contributed by atoms with E-state index in [1.165, 1.54) is 11.3 Å². The third-order valence-corrected chi connectivity index (χ3v) is 2.90. The molecule has 0 amide bonds. The van der Waals surface area contributed by atoms with Gasteiger partial charge in [-0.2, -0.15) is 0 Å². The summed E-state index contributed by atoms with van der Waals surface area (Å²) in [5, 5.41) is 6.22. The van der Waals surface area contributed by atoms with Gasteiger partial charge in [0.2, 0.25) is 0 Å². The number of aromatic nitrogens is 1. The number of halogens is 1. The highest BCUT2D eigenvalue weighted by atomic mass is 35.5. The predicted molar refractivity (Wildman–Crippen MR) is 63.4 cm³/mol. The SMILES string of the molecule is COc1ccc(Nc2nc(Cl)cs2)cc1. The first-order valence-electron chi connectivity index (χ1n) is 4.30. The molecule has 5 heteroatoms. The van der Waals surface area contributed by atoms with Crippen molar-refractivity contribution in [1.82, 2.24) is 4.98 Å². The van der Waals surface area contributed by atoms with Crippen LogP contribution in [0.15, 0.2) is 29.6 Å². The maximum absolute atomic E-state index is 5.71. The second-order valence-electron chi connectivity index (χ2n) is 2.83. The first-order valence-corrected chi connectivity index (χ1v) is 5.56. The molecule has 1 heterocycles. The van der Waals surface area contributed by atoms with Gasteiger partial charge >= 0.3 is 0 Å². The van der Waals surface area contributed by atoms with Crippen LogP contribution < -0.4 is 10.1 Å². The standard InChI is InChI=1S/C10H9ClN2OS/c1-14-8-4-2-7(3-5-8)12-10-13-9(11)6-15-10/h2-6H,1H3,(H,12,13). The zero-order valence-corrected chi connectivity index (χ0v) is 9.60. The fourth-order valence-electron chi connectivity index (χ4n) is 1.11. The van der Waals surface area contributed by atoms with Gasteiger partial charge in [-0.1, -0.05) is 11.6 Å². The number of anilines is 2. The molecule has 0 radical (unpaired) electrons. The summed E-state index contributed by atoms with van der Waals surface area (Å²) in [4.78, 5) is 4.09. The molecule has 0 spiro atoms. The fourth-order valence-corrected chi connectivity index (χ4v) is 1.97. The minimum absolute atomic E-state index is 0.510. The highest BCUT2D eigenvalue weighted by Crippen LogP contribution is 2.24. The number of hydrogen-bond acceptors (Lipinski definition) is 4. The van der Waals surface area contributed by atoms with Gasteiger partial charge in [0.15, 0.2) is 5.13 Å². The van der Waals surface area contributed by atoms with Gasteiger partial charge in [0.05, 0.1) is 7.11 Å². The van der Waals surface area contributed by atoms with Gasteiger partial charge < -0.3 is 10.1 Å². The maximum Gasteiger partial charge on any atom is 0.188 e. The summed E-state index contributed by atoms with van der Waals surface area (Å²) in [5.74, 6) is 0.831. The van der Waals surface area contributed by atoms with E-state index < -0.39 is 0 Å². The molecule has 0 aliphatic carbocycles. The molecule has 3 nitrogen and oxygen atoms in total. The highest BCUT2D eigenvalue weighted by molar-refractivity contribution is 7.14. The number of rotatable bonds is 3. The monoisotopic (exact) mass is 240 g/mol. The molecule has 0 saturated carbocycles. The first-order chi connectivity index (χ1) is 7.28. The van der Waals surface area contributed by atoms with E-state index in [0.29, 0.717) is 5.15 Å². The smallest absolute Gasteiger partial charge is 0.188 e. The van der Waals surface area contributed by atoms with Crippen LogP contribution >= 0.6 is 22.9 Å². The highest BCUT2D eigenvalue weighted by Gasteiger charge is 1.99. The van der Waals surface area contributed by atoms with Crippen LogP contribution in [-0.2, 0) is 0 Å². The molecule has 0 saturated heterocycles. The van der Waals surface area contributed by atoms with E-state index in [-0.39, 0.29) is 0 Å². The van der Waals surface area contributed by atoms with E-state index in [1.54, 1.807) is 12.5 Å².